The normalized spacial score (nSPS) is 26.7. The van der Waals surface area contributed by atoms with Crippen molar-refractivity contribution in [1.82, 2.24) is 4.90 Å². The van der Waals surface area contributed by atoms with Crippen LogP contribution in [0.15, 0.2) is 60.2 Å². The molecule has 0 radical (unpaired) electrons. The number of ether oxygens (including phenoxy) is 1. The summed E-state index contributed by atoms with van der Waals surface area (Å²) in [7, 11) is 0. The van der Waals surface area contributed by atoms with Gasteiger partial charge in [-0.2, -0.15) is 0 Å². The van der Waals surface area contributed by atoms with Gasteiger partial charge >= 0.3 is 5.97 Å². The number of aliphatic carboxylic acids is 1. The number of para-hydroxylation sites is 2. The molecule has 2 atom stereocenters. The van der Waals surface area contributed by atoms with Gasteiger partial charge in [-0.05, 0) is 49.8 Å². The van der Waals surface area contributed by atoms with E-state index in [-0.39, 0.29) is 5.41 Å². The molecular weight excluding hydrogens is 350 g/mol. The van der Waals surface area contributed by atoms with Gasteiger partial charge in [-0.3, -0.25) is 4.90 Å². The maximum absolute atomic E-state index is 11.4. The van der Waals surface area contributed by atoms with Gasteiger partial charge in [-0.15, -0.1) is 0 Å². The molecule has 4 nitrogen and oxygen atoms in total. The minimum absolute atomic E-state index is 0.0540. The second-order valence-electron chi connectivity index (χ2n) is 8.35. The van der Waals surface area contributed by atoms with Gasteiger partial charge in [0.15, 0.2) is 0 Å². The summed E-state index contributed by atoms with van der Waals surface area (Å²) in [6.45, 7) is 1.51. The Morgan fingerprint density at radius 3 is 2.75 bits per heavy atom. The molecule has 0 bridgehead atoms. The van der Waals surface area contributed by atoms with Crippen LogP contribution in [-0.2, 0) is 16.6 Å². The first kappa shape index (κ1) is 17.5. The van der Waals surface area contributed by atoms with Crippen LogP contribution < -0.4 is 4.74 Å². The van der Waals surface area contributed by atoms with Crippen LogP contribution in [0.4, 0.5) is 0 Å². The third kappa shape index (κ3) is 2.92. The number of benzene rings is 2. The fourth-order valence-electron chi connectivity index (χ4n) is 5.37. The Bertz CT molecular complexity index is 950. The zero-order valence-electron chi connectivity index (χ0n) is 15.9. The summed E-state index contributed by atoms with van der Waals surface area (Å²) in [5.41, 5.74) is 3.17. The summed E-state index contributed by atoms with van der Waals surface area (Å²) in [4.78, 5) is 13.8. The van der Waals surface area contributed by atoms with Crippen molar-refractivity contribution < 1.29 is 14.6 Å². The molecule has 2 aromatic carbocycles. The van der Waals surface area contributed by atoms with Crippen LogP contribution in [0.3, 0.4) is 0 Å². The maximum Gasteiger partial charge on any atom is 0.332 e. The topological polar surface area (TPSA) is 49.8 Å². The van der Waals surface area contributed by atoms with E-state index in [9.17, 15) is 9.90 Å². The minimum Gasteiger partial charge on any atom is -0.478 e. The monoisotopic (exact) mass is 375 g/mol. The fourth-order valence-corrected chi connectivity index (χ4v) is 5.37. The standard InChI is InChI=1S/C24H25NO3/c26-23(27)18-7-5-13-25(16-18)19-11-12-24(15-19)14-17-6-1-3-9-21(17)28-22-10-4-2-8-20(22)24/h1-4,6-10,19H,5,11-16H2,(H,26,27). The number of hydrogen-bond acceptors (Lipinski definition) is 3. The molecule has 0 aromatic heterocycles. The number of hydrogen-bond donors (Lipinski definition) is 1. The Morgan fingerprint density at radius 1 is 1.11 bits per heavy atom. The molecular formula is C24H25NO3. The molecule has 2 aliphatic heterocycles. The molecule has 2 heterocycles. The van der Waals surface area contributed by atoms with Crippen molar-refractivity contribution in [3.8, 4) is 11.5 Å². The Balaban J connectivity index is 1.48. The first-order valence-electron chi connectivity index (χ1n) is 10.2. The van der Waals surface area contributed by atoms with E-state index in [1.807, 2.05) is 18.2 Å². The number of rotatable bonds is 2. The smallest absolute Gasteiger partial charge is 0.332 e. The third-order valence-electron chi connectivity index (χ3n) is 6.73. The van der Waals surface area contributed by atoms with E-state index in [0.717, 1.165) is 50.1 Å². The highest BCUT2D eigenvalue weighted by Gasteiger charge is 2.45. The Morgan fingerprint density at radius 2 is 1.89 bits per heavy atom. The molecule has 0 amide bonds. The number of nitrogens with zero attached hydrogens (tertiary/aromatic N) is 1. The van der Waals surface area contributed by atoms with E-state index in [4.69, 9.17) is 4.74 Å². The fraction of sp³-hybridized carbons (Fsp3) is 0.375. The molecule has 3 aliphatic rings. The average molecular weight is 375 g/mol. The Labute approximate surface area is 165 Å². The van der Waals surface area contributed by atoms with Crippen molar-refractivity contribution in [3.05, 3.63) is 71.3 Å². The minimum atomic E-state index is -0.778. The van der Waals surface area contributed by atoms with Gasteiger partial charge in [0, 0.05) is 35.7 Å². The quantitative estimate of drug-likeness (QED) is 0.837. The summed E-state index contributed by atoms with van der Waals surface area (Å²) < 4.78 is 6.32. The van der Waals surface area contributed by atoms with E-state index in [1.54, 1.807) is 0 Å². The average Bonchev–Trinajstić information content (AvgIpc) is 3.09. The van der Waals surface area contributed by atoms with Crippen LogP contribution in [0.2, 0.25) is 0 Å². The number of carboxylic acids is 1. The second-order valence-corrected chi connectivity index (χ2v) is 8.35. The molecule has 2 aromatic rings. The highest BCUT2D eigenvalue weighted by molar-refractivity contribution is 5.87. The van der Waals surface area contributed by atoms with Gasteiger partial charge in [-0.1, -0.05) is 42.5 Å². The van der Waals surface area contributed by atoms with E-state index in [1.165, 1.54) is 11.1 Å². The molecule has 1 saturated carbocycles. The Kier molecular flexibility index (Phi) is 4.24. The number of carboxylic acid groups (broad SMARTS) is 1. The molecule has 4 heteroatoms. The zero-order valence-corrected chi connectivity index (χ0v) is 15.9. The van der Waals surface area contributed by atoms with Crippen LogP contribution in [-0.4, -0.2) is 35.1 Å². The summed E-state index contributed by atoms with van der Waals surface area (Å²) in [5, 5.41) is 9.41. The van der Waals surface area contributed by atoms with Gasteiger partial charge in [0.25, 0.3) is 0 Å². The van der Waals surface area contributed by atoms with Crippen molar-refractivity contribution in [2.24, 2.45) is 0 Å². The number of carbonyl (C=O) groups is 1. The first-order chi connectivity index (χ1) is 13.6. The van der Waals surface area contributed by atoms with Crippen LogP contribution in [0, 0.1) is 0 Å². The highest BCUT2D eigenvalue weighted by atomic mass is 16.5. The van der Waals surface area contributed by atoms with E-state index >= 15 is 0 Å². The van der Waals surface area contributed by atoms with Gasteiger partial charge in [0.1, 0.15) is 11.5 Å². The Hall–Kier alpha value is -2.59. The molecule has 2 unspecified atom stereocenters. The van der Waals surface area contributed by atoms with Crippen LogP contribution in [0.25, 0.3) is 0 Å². The highest BCUT2D eigenvalue weighted by Crippen LogP contribution is 2.52. The van der Waals surface area contributed by atoms with Gasteiger partial charge in [0.2, 0.25) is 0 Å². The molecule has 144 valence electrons. The predicted molar refractivity (Wildman–Crippen MR) is 108 cm³/mol. The molecule has 5 rings (SSSR count). The second kappa shape index (κ2) is 6.78. The molecule has 1 aliphatic carbocycles. The summed E-state index contributed by atoms with van der Waals surface area (Å²) in [5.74, 6) is 1.15. The molecule has 1 spiro atoms. The van der Waals surface area contributed by atoms with E-state index < -0.39 is 5.97 Å². The maximum atomic E-state index is 11.4. The SMILES string of the molecule is O=C(O)C1=CCCN(C2CCC3(Cc4ccccc4Oc4ccccc43)C2)C1. The summed E-state index contributed by atoms with van der Waals surface area (Å²) in [6.07, 6.45) is 6.95. The van der Waals surface area contributed by atoms with Crippen LogP contribution in [0.1, 0.15) is 36.8 Å². The van der Waals surface area contributed by atoms with Gasteiger partial charge in [0.05, 0.1) is 0 Å². The van der Waals surface area contributed by atoms with Crippen LogP contribution in [0.5, 0.6) is 11.5 Å². The van der Waals surface area contributed by atoms with Crippen molar-refractivity contribution in [1.29, 1.82) is 0 Å². The lowest BCUT2D eigenvalue weighted by Gasteiger charge is -2.34. The largest absolute Gasteiger partial charge is 0.478 e. The van der Waals surface area contributed by atoms with Crippen LogP contribution >= 0.6 is 0 Å². The van der Waals surface area contributed by atoms with Crippen molar-refractivity contribution >= 4 is 5.97 Å². The molecule has 1 N–H and O–H groups in total. The van der Waals surface area contributed by atoms with Crippen molar-refractivity contribution in [2.45, 2.75) is 43.6 Å². The lowest BCUT2D eigenvalue weighted by Crippen LogP contribution is -2.40. The first-order valence-corrected chi connectivity index (χ1v) is 10.2. The van der Waals surface area contributed by atoms with Gasteiger partial charge in [-0.25, -0.2) is 4.79 Å². The third-order valence-corrected chi connectivity index (χ3v) is 6.73. The van der Waals surface area contributed by atoms with Crippen molar-refractivity contribution in [2.75, 3.05) is 13.1 Å². The zero-order chi connectivity index (χ0) is 19.1. The van der Waals surface area contributed by atoms with Crippen molar-refractivity contribution in [3.63, 3.8) is 0 Å². The summed E-state index contributed by atoms with van der Waals surface area (Å²) in [6, 6.07) is 17.2. The predicted octanol–water partition coefficient (Wildman–Crippen LogP) is 4.54. The lowest BCUT2D eigenvalue weighted by molar-refractivity contribution is -0.133. The molecule has 28 heavy (non-hydrogen) atoms. The lowest BCUT2D eigenvalue weighted by atomic mass is 9.74. The van der Waals surface area contributed by atoms with E-state index in [0.29, 0.717) is 18.2 Å². The number of fused-ring (bicyclic) bond motifs is 3. The van der Waals surface area contributed by atoms with E-state index in [2.05, 4.69) is 41.3 Å². The van der Waals surface area contributed by atoms with Gasteiger partial charge < -0.3 is 9.84 Å². The summed E-state index contributed by atoms with van der Waals surface area (Å²) >= 11 is 0. The molecule has 0 saturated heterocycles. The molecule has 1 fully saturated rings.